The van der Waals surface area contributed by atoms with Gasteiger partial charge in [-0.3, -0.25) is 4.68 Å². The van der Waals surface area contributed by atoms with E-state index in [1.807, 2.05) is 0 Å². The third-order valence-corrected chi connectivity index (χ3v) is 2.74. The summed E-state index contributed by atoms with van der Waals surface area (Å²) in [6.07, 6.45) is 1.55. The highest BCUT2D eigenvalue weighted by Gasteiger charge is 2.15. The second kappa shape index (κ2) is 4.08. The molecule has 90 valence electrons. The minimum atomic E-state index is -0.300. The molecule has 1 aromatic heterocycles. The standard InChI is InChI=1S/C12H14FN3O/c1-7-4-8(17-3)5-9(11(7)13)10-6-15-16(2)12(10)14/h4-6H,14H2,1-3H3. The summed E-state index contributed by atoms with van der Waals surface area (Å²) in [7, 11) is 3.26. The number of ether oxygens (including phenoxy) is 1. The molecule has 2 rings (SSSR count). The zero-order chi connectivity index (χ0) is 12.6. The molecule has 0 amide bonds. The lowest BCUT2D eigenvalue weighted by Gasteiger charge is -2.08. The Morgan fingerprint density at radius 1 is 1.35 bits per heavy atom. The molecular formula is C12H14FN3O. The van der Waals surface area contributed by atoms with Crippen LogP contribution in [0.25, 0.3) is 11.1 Å². The number of hydrogen-bond donors (Lipinski definition) is 1. The Bertz CT molecular complexity index is 563. The molecule has 2 N–H and O–H groups in total. The van der Waals surface area contributed by atoms with Gasteiger partial charge in [0.25, 0.3) is 0 Å². The molecule has 0 saturated heterocycles. The van der Waals surface area contributed by atoms with Gasteiger partial charge in [0, 0.05) is 18.2 Å². The normalized spacial score (nSPS) is 10.6. The van der Waals surface area contributed by atoms with E-state index in [4.69, 9.17) is 10.5 Å². The van der Waals surface area contributed by atoms with Crippen molar-refractivity contribution in [2.24, 2.45) is 7.05 Å². The number of methoxy groups -OCH3 is 1. The fourth-order valence-electron chi connectivity index (χ4n) is 1.70. The average Bonchev–Trinajstić information content (AvgIpc) is 2.64. The first-order valence-electron chi connectivity index (χ1n) is 5.16. The van der Waals surface area contributed by atoms with Crippen molar-refractivity contribution in [1.29, 1.82) is 0 Å². The summed E-state index contributed by atoms with van der Waals surface area (Å²) in [6, 6.07) is 3.26. The van der Waals surface area contributed by atoms with Crippen LogP contribution in [0.2, 0.25) is 0 Å². The molecule has 0 unspecified atom stereocenters. The molecule has 0 saturated carbocycles. The summed E-state index contributed by atoms with van der Waals surface area (Å²) in [4.78, 5) is 0. The van der Waals surface area contributed by atoms with Crippen molar-refractivity contribution in [3.8, 4) is 16.9 Å². The molecule has 5 heteroatoms. The van der Waals surface area contributed by atoms with Crippen molar-refractivity contribution in [1.82, 2.24) is 9.78 Å². The number of nitrogens with zero attached hydrogens (tertiary/aromatic N) is 2. The van der Waals surface area contributed by atoms with Crippen LogP contribution in [-0.4, -0.2) is 16.9 Å². The molecule has 0 aliphatic carbocycles. The van der Waals surface area contributed by atoms with Gasteiger partial charge in [0.15, 0.2) is 0 Å². The maximum absolute atomic E-state index is 14.0. The zero-order valence-electron chi connectivity index (χ0n) is 9.99. The highest BCUT2D eigenvalue weighted by Crippen LogP contribution is 2.32. The molecule has 4 nitrogen and oxygen atoms in total. The van der Waals surface area contributed by atoms with Gasteiger partial charge in [-0.15, -0.1) is 0 Å². The van der Waals surface area contributed by atoms with Gasteiger partial charge in [-0.1, -0.05) is 0 Å². The van der Waals surface area contributed by atoms with Crippen molar-refractivity contribution in [3.05, 3.63) is 29.7 Å². The van der Waals surface area contributed by atoms with Crippen molar-refractivity contribution < 1.29 is 9.13 Å². The predicted molar refractivity (Wildman–Crippen MR) is 64.3 cm³/mol. The summed E-state index contributed by atoms with van der Waals surface area (Å²) in [5.41, 5.74) is 7.34. The minimum Gasteiger partial charge on any atom is -0.497 e. The van der Waals surface area contributed by atoms with Gasteiger partial charge in [0.05, 0.1) is 13.3 Å². The number of hydrogen-bond acceptors (Lipinski definition) is 3. The van der Waals surface area contributed by atoms with Gasteiger partial charge < -0.3 is 10.5 Å². The van der Waals surface area contributed by atoms with Crippen LogP contribution in [0.5, 0.6) is 5.75 Å². The predicted octanol–water partition coefficient (Wildman–Crippen LogP) is 2.13. The lowest BCUT2D eigenvalue weighted by molar-refractivity contribution is 0.413. The largest absolute Gasteiger partial charge is 0.497 e. The summed E-state index contributed by atoms with van der Waals surface area (Å²) < 4.78 is 20.7. The fraction of sp³-hybridized carbons (Fsp3) is 0.250. The van der Waals surface area contributed by atoms with Gasteiger partial charge in [0.1, 0.15) is 17.4 Å². The van der Waals surface area contributed by atoms with Crippen LogP contribution in [0.1, 0.15) is 5.56 Å². The number of nitrogens with two attached hydrogens (primary N) is 1. The number of nitrogen functional groups attached to an aromatic ring is 1. The fourth-order valence-corrected chi connectivity index (χ4v) is 1.70. The van der Waals surface area contributed by atoms with Crippen LogP contribution in [0, 0.1) is 12.7 Å². The van der Waals surface area contributed by atoms with E-state index in [1.165, 1.54) is 4.68 Å². The first-order valence-corrected chi connectivity index (χ1v) is 5.16. The van der Waals surface area contributed by atoms with E-state index in [1.54, 1.807) is 39.4 Å². The van der Waals surface area contributed by atoms with Crippen molar-refractivity contribution >= 4 is 5.82 Å². The molecule has 1 aromatic carbocycles. The van der Waals surface area contributed by atoms with Crippen LogP contribution in [0.15, 0.2) is 18.3 Å². The Kier molecular flexibility index (Phi) is 2.75. The van der Waals surface area contributed by atoms with Gasteiger partial charge in [0.2, 0.25) is 0 Å². The van der Waals surface area contributed by atoms with Crippen molar-refractivity contribution in [2.75, 3.05) is 12.8 Å². The molecule has 0 aliphatic rings. The van der Waals surface area contributed by atoms with E-state index in [-0.39, 0.29) is 5.82 Å². The molecule has 2 aromatic rings. The molecule has 0 fully saturated rings. The van der Waals surface area contributed by atoms with E-state index in [9.17, 15) is 4.39 Å². The smallest absolute Gasteiger partial charge is 0.134 e. The summed E-state index contributed by atoms with van der Waals surface area (Å²) in [6.45, 7) is 1.69. The quantitative estimate of drug-likeness (QED) is 0.867. The first kappa shape index (κ1) is 11.4. The number of halogens is 1. The number of anilines is 1. The topological polar surface area (TPSA) is 53.1 Å². The van der Waals surface area contributed by atoms with Crippen molar-refractivity contribution in [3.63, 3.8) is 0 Å². The summed E-state index contributed by atoms with van der Waals surface area (Å²) >= 11 is 0. The Morgan fingerprint density at radius 3 is 2.59 bits per heavy atom. The van der Waals surface area contributed by atoms with E-state index >= 15 is 0 Å². The first-order chi connectivity index (χ1) is 8.04. The second-order valence-corrected chi connectivity index (χ2v) is 3.87. The van der Waals surface area contributed by atoms with E-state index in [0.717, 1.165) is 0 Å². The number of rotatable bonds is 2. The number of aromatic nitrogens is 2. The zero-order valence-corrected chi connectivity index (χ0v) is 9.99. The second-order valence-electron chi connectivity index (χ2n) is 3.87. The van der Waals surface area contributed by atoms with Gasteiger partial charge in [-0.25, -0.2) is 4.39 Å². The molecule has 0 aliphatic heterocycles. The monoisotopic (exact) mass is 235 g/mol. The van der Waals surface area contributed by atoms with Gasteiger partial charge in [-0.2, -0.15) is 5.10 Å². The van der Waals surface area contributed by atoms with E-state index < -0.39 is 0 Å². The lowest BCUT2D eigenvalue weighted by atomic mass is 10.0. The molecule has 0 radical (unpaired) electrons. The van der Waals surface area contributed by atoms with Crippen LogP contribution in [0.3, 0.4) is 0 Å². The Labute approximate surface area is 98.8 Å². The maximum atomic E-state index is 14.0. The van der Waals surface area contributed by atoms with Crippen molar-refractivity contribution in [2.45, 2.75) is 6.92 Å². The molecule has 0 atom stereocenters. The minimum absolute atomic E-state index is 0.300. The van der Waals surface area contributed by atoms with Gasteiger partial charge in [-0.05, 0) is 24.6 Å². The molecule has 0 spiro atoms. The highest BCUT2D eigenvalue weighted by molar-refractivity contribution is 5.75. The van der Waals surface area contributed by atoms with Crippen LogP contribution in [0.4, 0.5) is 10.2 Å². The molecular weight excluding hydrogens is 221 g/mol. The Hall–Kier alpha value is -2.04. The molecule has 1 heterocycles. The highest BCUT2D eigenvalue weighted by atomic mass is 19.1. The molecule has 17 heavy (non-hydrogen) atoms. The number of benzene rings is 1. The average molecular weight is 235 g/mol. The van der Waals surface area contributed by atoms with Crippen LogP contribution < -0.4 is 10.5 Å². The SMILES string of the molecule is COc1cc(C)c(F)c(-c2cnn(C)c2N)c1. The van der Waals surface area contributed by atoms with E-state index in [2.05, 4.69) is 5.10 Å². The maximum Gasteiger partial charge on any atom is 0.134 e. The van der Waals surface area contributed by atoms with E-state index in [0.29, 0.717) is 28.3 Å². The van der Waals surface area contributed by atoms with Crippen LogP contribution in [-0.2, 0) is 7.05 Å². The Balaban J connectivity index is 2.66. The van der Waals surface area contributed by atoms with Gasteiger partial charge >= 0.3 is 0 Å². The summed E-state index contributed by atoms with van der Waals surface area (Å²) in [5.74, 6) is 0.726. The third kappa shape index (κ3) is 1.84. The third-order valence-electron chi connectivity index (χ3n) is 2.74. The molecule has 0 bridgehead atoms. The number of aryl methyl sites for hydroxylation is 2. The lowest BCUT2D eigenvalue weighted by Crippen LogP contribution is -1.99. The Morgan fingerprint density at radius 2 is 2.06 bits per heavy atom. The summed E-state index contributed by atoms with van der Waals surface area (Å²) in [5, 5.41) is 4.00. The van der Waals surface area contributed by atoms with Crippen LogP contribution >= 0.6 is 0 Å².